The molecule has 0 aromatic carbocycles. The molecule has 1 N–H and O–H groups in total. The molecule has 0 radical (unpaired) electrons. The zero-order chi connectivity index (χ0) is 26.0. The van der Waals surface area contributed by atoms with Crippen LogP contribution in [0.5, 0.6) is 0 Å². The maximum atomic E-state index is 12.1. The molecule has 0 rings (SSSR count). The number of hydrogen-bond acceptors (Lipinski definition) is 4. The van der Waals surface area contributed by atoms with E-state index in [-0.39, 0.29) is 0 Å². The summed E-state index contributed by atoms with van der Waals surface area (Å²) in [5, 5.41) is 0. The average molecular weight is 520 g/mol. The Hall–Kier alpha value is 0.0700. The molecule has 0 aliphatic rings. The van der Waals surface area contributed by atoms with Gasteiger partial charge in [0.1, 0.15) is 0 Å². The van der Waals surface area contributed by atoms with E-state index in [1.54, 1.807) is 0 Å². The Morgan fingerprint density at radius 1 is 0.600 bits per heavy atom. The third kappa shape index (κ3) is 26.9. The summed E-state index contributed by atoms with van der Waals surface area (Å²) < 4.78 is 22.5. The summed E-state index contributed by atoms with van der Waals surface area (Å²) in [5.41, 5.74) is 0. The average Bonchev–Trinajstić information content (AvgIpc) is 2.81. The van der Waals surface area contributed by atoms with E-state index in [0.29, 0.717) is 13.2 Å². The molecule has 5 nitrogen and oxygen atoms in total. The molecule has 0 aromatic heterocycles. The lowest BCUT2D eigenvalue weighted by molar-refractivity contribution is 0.143. The Labute approximate surface area is 219 Å². The number of phosphoric ester groups is 1. The van der Waals surface area contributed by atoms with Crippen molar-refractivity contribution >= 4 is 7.82 Å². The molecule has 0 fully saturated rings. The highest BCUT2D eigenvalue weighted by Gasteiger charge is 2.20. The Balaban J connectivity index is 3.99. The van der Waals surface area contributed by atoms with Gasteiger partial charge in [-0.3, -0.25) is 9.05 Å². The molecule has 0 spiro atoms. The van der Waals surface area contributed by atoms with Gasteiger partial charge in [-0.25, -0.2) is 4.57 Å². The molecule has 0 saturated carbocycles. The van der Waals surface area contributed by atoms with Crippen LogP contribution in [0.3, 0.4) is 0 Å². The van der Waals surface area contributed by atoms with Crippen molar-refractivity contribution < 1.29 is 18.5 Å². The summed E-state index contributed by atoms with van der Waals surface area (Å²) in [7, 11) is -3.90. The summed E-state index contributed by atoms with van der Waals surface area (Å²) >= 11 is 0. The second-order valence-corrected chi connectivity index (χ2v) is 12.3. The zero-order valence-electron chi connectivity index (χ0n) is 24.1. The molecule has 35 heavy (non-hydrogen) atoms. The van der Waals surface area contributed by atoms with Crippen molar-refractivity contribution in [1.82, 2.24) is 4.90 Å². The van der Waals surface area contributed by atoms with E-state index in [4.69, 9.17) is 9.05 Å². The van der Waals surface area contributed by atoms with Crippen LogP contribution >= 0.6 is 7.82 Å². The van der Waals surface area contributed by atoms with Crippen LogP contribution in [0.1, 0.15) is 150 Å². The second-order valence-electron chi connectivity index (χ2n) is 10.8. The number of hydrogen-bond donors (Lipinski definition) is 1. The minimum Gasteiger partial charge on any atom is -0.303 e. The molecule has 212 valence electrons. The second kappa shape index (κ2) is 25.7. The summed E-state index contributed by atoms with van der Waals surface area (Å²) in [6.45, 7) is 13.0. The molecular formula is C29H62NO4P. The van der Waals surface area contributed by atoms with Crippen molar-refractivity contribution in [3.63, 3.8) is 0 Å². The van der Waals surface area contributed by atoms with Gasteiger partial charge in [-0.1, -0.05) is 118 Å². The van der Waals surface area contributed by atoms with Crippen LogP contribution in [-0.4, -0.2) is 42.6 Å². The zero-order valence-corrected chi connectivity index (χ0v) is 25.0. The summed E-state index contributed by atoms with van der Waals surface area (Å²) in [6.07, 6.45) is 23.3. The maximum absolute atomic E-state index is 12.1. The number of phosphoric acid groups is 1. The highest BCUT2D eigenvalue weighted by molar-refractivity contribution is 7.47. The summed E-state index contributed by atoms with van der Waals surface area (Å²) in [6, 6.07) is 0. The molecule has 0 bridgehead atoms. The number of rotatable bonds is 28. The van der Waals surface area contributed by atoms with Gasteiger partial charge < -0.3 is 9.79 Å². The van der Waals surface area contributed by atoms with Crippen LogP contribution in [0.4, 0.5) is 0 Å². The lowest BCUT2D eigenvalue weighted by Gasteiger charge is -2.22. The Morgan fingerprint density at radius 2 is 0.971 bits per heavy atom. The highest BCUT2D eigenvalue weighted by atomic mass is 31.2. The van der Waals surface area contributed by atoms with Gasteiger partial charge in [-0.15, -0.1) is 0 Å². The molecule has 0 saturated heterocycles. The monoisotopic (exact) mass is 519 g/mol. The smallest absolute Gasteiger partial charge is 0.303 e. The molecule has 0 amide bonds. The number of nitrogens with zero attached hydrogens (tertiary/aromatic N) is 1. The van der Waals surface area contributed by atoms with Crippen LogP contribution in [-0.2, 0) is 13.6 Å². The van der Waals surface area contributed by atoms with Gasteiger partial charge in [0.2, 0.25) is 0 Å². The number of unbranched alkanes of at least 4 members (excludes halogenated alkanes) is 14. The van der Waals surface area contributed by atoms with Gasteiger partial charge in [0.25, 0.3) is 0 Å². The molecule has 1 atom stereocenters. The summed E-state index contributed by atoms with van der Waals surface area (Å²) in [5.74, 6) is 0.746. The third-order valence-electron chi connectivity index (χ3n) is 6.71. The Morgan fingerprint density at radius 3 is 1.46 bits per heavy atom. The van der Waals surface area contributed by atoms with Crippen molar-refractivity contribution in [2.45, 2.75) is 150 Å². The van der Waals surface area contributed by atoms with Crippen molar-refractivity contribution in [1.29, 1.82) is 0 Å². The topological polar surface area (TPSA) is 59.0 Å². The molecule has 0 aromatic rings. The molecular weight excluding hydrogens is 457 g/mol. The van der Waals surface area contributed by atoms with E-state index in [9.17, 15) is 9.46 Å². The van der Waals surface area contributed by atoms with Gasteiger partial charge in [0.15, 0.2) is 0 Å². The van der Waals surface area contributed by atoms with E-state index in [1.807, 2.05) is 0 Å². The minimum absolute atomic E-state index is 0.296. The minimum atomic E-state index is -3.90. The van der Waals surface area contributed by atoms with Gasteiger partial charge in [-0.05, 0) is 57.7 Å². The van der Waals surface area contributed by atoms with Crippen LogP contribution in [0.2, 0.25) is 0 Å². The first-order valence-electron chi connectivity index (χ1n) is 15.3. The standard InChI is InChI=1S/C29H62NO4P/c1-5-7-9-11-14-18-24-30(25-19-15-12-10-8-6-2)26-20-22-28-34-35(31,32)33-27-21-16-13-17-23-29(3)4/h29H,5-28H2,1-4H3,(H,31,32). The SMILES string of the molecule is CCCCCCCCN(CCCCCCCC)CCCCOP(=O)(O)OCCCCCCC(C)C. The normalized spacial score (nSPS) is 13.7. The van der Waals surface area contributed by atoms with Gasteiger partial charge in [-0.2, -0.15) is 0 Å². The quantitative estimate of drug-likeness (QED) is 0.0823. The molecule has 1 unspecified atom stereocenters. The lowest BCUT2D eigenvalue weighted by Crippen LogP contribution is -2.27. The Bertz CT molecular complexity index is 460. The van der Waals surface area contributed by atoms with Crippen molar-refractivity contribution in [3.8, 4) is 0 Å². The predicted octanol–water partition coefficient (Wildman–Crippen LogP) is 9.53. The fraction of sp³-hybridized carbons (Fsp3) is 1.00. The largest absolute Gasteiger partial charge is 0.472 e. The van der Waals surface area contributed by atoms with Crippen LogP contribution in [0.25, 0.3) is 0 Å². The fourth-order valence-corrected chi connectivity index (χ4v) is 5.20. The van der Waals surface area contributed by atoms with Gasteiger partial charge in [0, 0.05) is 0 Å². The molecule has 0 heterocycles. The van der Waals surface area contributed by atoms with Gasteiger partial charge >= 0.3 is 7.82 Å². The Kier molecular flexibility index (Phi) is 25.8. The van der Waals surface area contributed by atoms with E-state index in [2.05, 4.69) is 32.6 Å². The predicted molar refractivity (Wildman–Crippen MR) is 152 cm³/mol. The van der Waals surface area contributed by atoms with Gasteiger partial charge in [0.05, 0.1) is 13.2 Å². The van der Waals surface area contributed by atoms with E-state index in [0.717, 1.165) is 44.6 Å². The highest BCUT2D eigenvalue weighted by Crippen LogP contribution is 2.43. The molecule has 6 heteroatoms. The summed E-state index contributed by atoms with van der Waals surface area (Å²) in [4.78, 5) is 12.5. The maximum Gasteiger partial charge on any atom is 0.472 e. The van der Waals surface area contributed by atoms with Crippen molar-refractivity contribution in [2.75, 3.05) is 32.8 Å². The van der Waals surface area contributed by atoms with Crippen molar-refractivity contribution in [3.05, 3.63) is 0 Å². The molecule has 0 aliphatic heterocycles. The molecule has 0 aliphatic carbocycles. The first kappa shape index (κ1) is 35.1. The van der Waals surface area contributed by atoms with E-state index in [1.165, 1.54) is 103 Å². The fourth-order valence-electron chi connectivity index (χ4n) is 4.41. The third-order valence-corrected chi connectivity index (χ3v) is 7.73. The van der Waals surface area contributed by atoms with Crippen LogP contribution < -0.4 is 0 Å². The van der Waals surface area contributed by atoms with E-state index >= 15 is 0 Å². The van der Waals surface area contributed by atoms with E-state index < -0.39 is 7.82 Å². The van der Waals surface area contributed by atoms with Crippen LogP contribution in [0, 0.1) is 5.92 Å². The lowest BCUT2D eigenvalue weighted by atomic mass is 10.0. The van der Waals surface area contributed by atoms with Crippen molar-refractivity contribution in [2.24, 2.45) is 5.92 Å². The first-order valence-corrected chi connectivity index (χ1v) is 16.7. The van der Waals surface area contributed by atoms with Crippen LogP contribution in [0.15, 0.2) is 0 Å². The first-order chi connectivity index (χ1) is 16.9.